The molecule has 0 aromatic heterocycles. The molecule has 0 saturated carbocycles. The molecule has 0 radical (unpaired) electrons. The van der Waals surface area contributed by atoms with E-state index in [9.17, 15) is 13.2 Å². The van der Waals surface area contributed by atoms with Gasteiger partial charge in [0.25, 0.3) is 0 Å². The summed E-state index contributed by atoms with van der Waals surface area (Å²) in [6, 6.07) is 5.63. The highest BCUT2D eigenvalue weighted by atomic mass is 32.2. The minimum atomic E-state index is -4.03. The summed E-state index contributed by atoms with van der Waals surface area (Å²) in [6.45, 7) is 7.91. The molecule has 2 N–H and O–H groups in total. The Morgan fingerprint density at radius 1 is 1.10 bits per heavy atom. The van der Waals surface area contributed by atoms with Crippen molar-refractivity contribution in [3.05, 3.63) is 29.3 Å². The Morgan fingerprint density at radius 2 is 1.57 bits per heavy atom. The molecule has 1 amide bonds. The zero-order chi connectivity index (χ0) is 16.2. The third-order valence-corrected chi connectivity index (χ3v) is 3.92. The molecule has 7 heteroatoms. The van der Waals surface area contributed by atoms with E-state index in [1.807, 2.05) is 45.9 Å². The van der Waals surface area contributed by atoms with Crippen LogP contribution in [0.1, 0.15) is 50.7 Å². The molecule has 118 valence electrons. The number of ether oxygens (including phenoxy) is 1. The maximum atomic E-state index is 12.0. The predicted octanol–water partition coefficient (Wildman–Crippen LogP) is 2.95. The van der Waals surface area contributed by atoms with Crippen molar-refractivity contribution in [3.8, 4) is 0 Å². The van der Waals surface area contributed by atoms with Crippen LogP contribution in [0.4, 0.5) is 10.5 Å². The summed E-state index contributed by atoms with van der Waals surface area (Å²) in [5.41, 5.74) is 2.26. The molecule has 0 heterocycles. The van der Waals surface area contributed by atoms with Crippen molar-refractivity contribution in [2.45, 2.75) is 39.5 Å². The fraction of sp³-hybridized carbons (Fsp3) is 0.500. The number of hydrogen-bond acceptors (Lipinski definition) is 4. The number of amides is 1. The van der Waals surface area contributed by atoms with Gasteiger partial charge in [0.2, 0.25) is 0 Å². The van der Waals surface area contributed by atoms with Crippen molar-refractivity contribution in [1.29, 1.82) is 0 Å². The lowest BCUT2D eigenvalue weighted by Gasteiger charge is -2.20. The smallest absolute Gasteiger partial charge is 0.422 e. The number of hydrogen-bond donors (Lipinski definition) is 2. The SMILES string of the molecule is COC(=O)NS(=O)(=O)Nc1c(C(C)C)cccc1C(C)C. The Balaban J connectivity index is 3.25. The van der Waals surface area contributed by atoms with Crippen LogP contribution in [-0.4, -0.2) is 21.6 Å². The van der Waals surface area contributed by atoms with E-state index in [0.29, 0.717) is 5.69 Å². The van der Waals surface area contributed by atoms with Gasteiger partial charge >= 0.3 is 16.3 Å². The van der Waals surface area contributed by atoms with Gasteiger partial charge < -0.3 is 4.74 Å². The highest BCUT2D eigenvalue weighted by molar-refractivity contribution is 7.91. The summed E-state index contributed by atoms with van der Waals surface area (Å²) in [4.78, 5) is 11.1. The third kappa shape index (κ3) is 4.63. The molecule has 0 aliphatic rings. The first-order valence-corrected chi connectivity index (χ1v) is 8.17. The maximum Gasteiger partial charge on any atom is 0.422 e. The Hall–Kier alpha value is -1.76. The van der Waals surface area contributed by atoms with E-state index >= 15 is 0 Å². The Labute approximate surface area is 126 Å². The molecule has 21 heavy (non-hydrogen) atoms. The van der Waals surface area contributed by atoms with Crippen molar-refractivity contribution in [2.24, 2.45) is 0 Å². The summed E-state index contributed by atoms with van der Waals surface area (Å²) in [5.74, 6) is 0.277. The van der Waals surface area contributed by atoms with Gasteiger partial charge in [-0.1, -0.05) is 45.9 Å². The molecule has 6 nitrogen and oxygen atoms in total. The molecular weight excluding hydrogens is 292 g/mol. The average Bonchev–Trinajstić information content (AvgIpc) is 2.37. The third-order valence-electron chi connectivity index (χ3n) is 3.01. The normalized spacial score (nSPS) is 11.6. The number of anilines is 1. The lowest BCUT2D eigenvalue weighted by molar-refractivity contribution is 0.177. The van der Waals surface area contributed by atoms with E-state index in [1.54, 1.807) is 4.72 Å². The van der Waals surface area contributed by atoms with E-state index < -0.39 is 16.3 Å². The van der Waals surface area contributed by atoms with Gasteiger partial charge in [0.1, 0.15) is 0 Å². The van der Waals surface area contributed by atoms with Crippen LogP contribution >= 0.6 is 0 Å². The van der Waals surface area contributed by atoms with Crippen LogP contribution in [0.25, 0.3) is 0 Å². The second kappa shape index (κ2) is 6.80. The number of carbonyl (C=O) groups is 1. The second-order valence-corrected chi connectivity index (χ2v) is 6.74. The molecule has 0 saturated heterocycles. The zero-order valence-electron chi connectivity index (χ0n) is 12.9. The summed E-state index contributed by atoms with van der Waals surface area (Å²) in [5, 5.41) is 0. The van der Waals surface area contributed by atoms with Gasteiger partial charge in [0.15, 0.2) is 0 Å². The minimum absolute atomic E-state index is 0.138. The molecule has 0 fully saturated rings. The number of nitrogens with one attached hydrogen (secondary N) is 2. The quantitative estimate of drug-likeness (QED) is 0.875. The monoisotopic (exact) mass is 314 g/mol. The molecule has 0 aliphatic carbocycles. The standard InChI is InChI=1S/C14H22N2O4S/c1-9(2)11-7-6-8-12(10(3)4)13(11)15-21(18,19)16-14(17)20-5/h6-10,15H,1-5H3,(H,16,17). The van der Waals surface area contributed by atoms with Gasteiger partial charge in [-0.25, -0.2) is 9.52 Å². The fourth-order valence-electron chi connectivity index (χ4n) is 1.98. The topological polar surface area (TPSA) is 84.5 Å². The number of rotatable bonds is 5. The number of para-hydroxylation sites is 1. The molecule has 0 bridgehead atoms. The Bertz CT molecular complexity index is 583. The first kappa shape index (κ1) is 17.3. The number of benzene rings is 1. The maximum absolute atomic E-state index is 12.0. The molecule has 1 rings (SSSR count). The lowest BCUT2D eigenvalue weighted by atomic mass is 9.93. The van der Waals surface area contributed by atoms with Crippen LogP contribution in [0.5, 0.6) is 0 Å². The van der Waals surface area contributed by atoms with Gasteiger partial charge in [-0.15, -0.1) is 0 Å². The van der Waals surface area contributed by atoms with Crippen molar-refractivity contribution in [2.75, 3.05) is 11.8 Å². The van der Waals surface area contributed by atoms with Crippen molar-refractivity contribution in [3.63, 3.8) is 0 Å². The van der Waals surface area contributed by atoms with Gasteiger partial charge in [0.05, 0.1) is 12.8 Å². The number of carbonyl (C=O) groups excluding carboxylic acids is 1. The second-order valence-electron chi connectivity index (χ2n) is 5.32. The average molecular weight is 314 g/mol. The Kier molecular flexibility index (Phi) is 5.60. The first-order valence-electron chi connectivity index (χ1n) is 6.69. The van der Waals surface area contributed by atoms with Gasteiger partial charge in [-0.05, 0) is 23.0 Å². The van der Waals surface area contributed by atoms with E-state index in [1.165, 1.54) is 0 Å². The fourth-order valence-corrected chi connectivity index (χ4v) is 2.84. The van der Waals surface area contributed by atoms with Crippen LogP contribution < -0.4 is 9.44 Å². The minimum Gasteiger partial charge on any atom is -0.452 e. The van der Waals surface area contributed by atoms with E-state index in [0.717, 1.165) is 18.2 Å². The first-order chi connectivity index (χ1) is 9.68. The van der Waals surface area contributed by atoms with Crippen molar-refractivity contribution < 1.29 is 17.9 Å². The highest BCUT2D eigenvalue weighted by Gasteiger charge is 2.20. The van der Waals surface area contributed by atoms with Crippen molar-refractivity contribution >= 4 is 22.0 Å². The molecule has 0 aliphatic heterocycles. The van der Waals surface area contributed by atoms with Crippen LogP contribution in [-0.2, 0) is 14.9 Å². The van der Waals surface area contributed by atoms with Crippen LogP contribution in [0.3, 0.4) is 0 Å². The molecular formula is C14H22N2O4S. The summed E-state index contributed by atoms with van der Waals surface area (Å²) in [7, 11) is -2.93. The van der Waals surface area contributed by atoms with Crippen LogP contribution in [0, 0.1) is 0 Å². The lowest BCUT2D eigenvalue weighted by Crippen LogP contribution is -2.35. The molecule has 0 spiro atoms. The molecule has 1 aromatic carbocycles. The summed E-state index contributed by atoms with van der Waals surface area (Å²) in [6.07, 6.45) is -1.03. The molecule has 1 aromatic rings. The largest absolute Gasteiger partial charge is 0.452 e. The summed E-state index contributed by atoms with van der Waals surface area (Å²) < 4.78 is 32.5. The van der Waals surface area contributed by atoms with E-state index in [-0.39, 0.29) is 11.8 Å². The van der Waals surface area contributed by atoms with Gasteiger partial charge in [0, 0.05) is 0 Å². The van der Waals surface area contributed by atoms with Crippen LogP contribution in [0.15, 0.2) is 18.2 Å². The predicted molar refractivity (Wildman–Crippen MR) is 82.7 cm³/mol. The summed E-state index contributed by atoms with van der Waals surface area (Å²) >= 11 is 0. The van der Waals surface area contributed by atoms with Gasteiger partial charge in [-0.3, -0.25) is 4.72 Å². The Morgan fingerprint density at radius 3 is 1.95 bits per heavy atom. The highest BCUT2D eigenvalue weighted by Crippen LogP contribution is 2.32. The number of methoxy groups -OCH3 is 1. The van der Waals surface area contributed by atoms with Crippen LogP contribution in [0.2, 0.25) is 0 Å². The van der Waals surface area contributed by atoms with Gasteiger partial charge in [-0.2, -0.15) is 8.42 Å². The van der Waals surface area contributed by atoms with Crippen molar-refractivity contribution in [1.82, 2.24) is 4.72 Å². The zero-order valence-corrected chi connectivity index (χ0v) is 13.7. The molecule has 0 atom stereocenters. The molecule has 0 unspecified atom stereocenters. The van der Waals surface area contributed by atoms with E-state index in [4.69, 9.17) is 0 Å². The van der Waals surface area contributed by atoms with E-state index in [2.05, 4.69) is 9.46 Å².